The molecule has 1 amide bonds. The molecule has 1 heterocycles. The molecule has 0 spiro atoms. The Labute approximate surface area is 207 Å². The van der Waals surface area contributed by atoms with Crippen molar-refractivity contribution in [2.45, 2.75) is 26.8 Å². The average molecular weight is 501 g/mol. The number of carbonyl (C=O) groups excluding carboxylic acids is 1. The zero-order valence-electron chi connectivity index (χ0n) is 20.4. The fraction of sp³-hybridized carbons (Fsp3) is 0.440. The van der Waals surface area contributed by atoms with Gasteiger partial charge in [-0.05, 0) is 49.2 Å². The molecule has 2 aromatic rings. The predicted molar refractivity (Wildman–Crippen MR) is 135 cm³/mol. The van der Waals surface area contributed by atoms with Gasteiger partial charge in [-0.1, -0.05) is 19.1 Å². The Balaban J connectivity index is 1.88. The SMILES string of the molecule is CCCS(=O)(=O)N(Cc1cccc(OC)c1)c1ccc(N2CCN(C(=O)OCC)CC2)c(C#N)c1. The molecule has 10 heteroatoms. The molecule has 0 atom stereocenters. The molecule has 0 unspecified atom stereocenters. The molecular weight excluding hydrogens is 468 g/mol. The molecule has 3 rings (SSSR count). The maximum absolute atomic E-state index is 13.2. The van der Waals surface area contributed by atoms with Gasteiger partial charge in [-0.2, -0.15) is 5.26 Å². The molecular formula is C25H32N4O5S. The van der Waals surface area contributed by atoms with Crippen LogP contribution in [0.3, 0.4) is 0 Å². The van der Waals surface area contributed by atoms with Crippen LogP contribution in [0.4, 0.5) is 16.2 Å². The summed E-state index contributed by atoms with van der Waals surface area (Å²) < 4.78 is 38.1. The van der Waals surface area contributed by atoms with Crippen molar-refractivity contribution in [2.75, 3.05) is 54.9 Å². The molecule has 0 radical (unpaired) electrons. The molecule has 0 aromatic heterocycles. The van der Waals surface area contributed by atoms with E-state index in [0.29, 0.717) is 61.9 Å². The van der Waals surface area contributed by atoms with Crippen LogP contribution < -0.4 is 13.9 Å². The predicted octanol–water partition coefficient (Wildman–Crippen LogP) is 3.59. The lowest BCUT2D eigenvalue weighted by molar-refractivity contribution is 0.105. The van der Waals surface area contributed by atoms with Gasteiger partial charge in [0, 0.05) is 26.2 Å². The van der Waals surface area contributed by atoms with Gasteiger partial charge >= 0.3 is 6.09 Å². The highest BCUT2D eigenvalue weighted by Gasteiger charge is 2.26. The van der Waals surface area contributed by atoms with Crippen LogP contribution in [0.5, 0.6) is 5.75 Å². The largest absolute Gasteiger partial charge is 0.497 e. The van der Waals surface area contributed by atoms with Gasteiger partial charge in [0.05, 0.1) is 43.0 Å². The van der Waals surface area contributed by atoms with Crippen LogP contribution in [0.25, 0.3) is 0 Å². The first-order valence-corrected chi connectivity index (χ1v) is 13.3. The Morgan fingerprint density at radius 2 is 1.86 bits per heavy atom. The molecule has 188 valence electrons. The summed E-state index contributed by atoms with van der Waals surface area (Å²) in [6, 6.07) is 14.6. The quantitative estimate of drug-likeness (QED) is 0.518. The van der Waals surface area contributed by atoms with Crippen molar-refractivity contribution in [3.8, 4) is 11.8 Å². The molecule has 0 saturated carbocycles. The summed E-state index contributed by atoms with van der Waals surface area (Å²) in [5, 5.41) is 9.88. The molecule has 35 heavy (non-hydrogen) atoms. The van der Waals surface area contributed by atoms with Crippen molar-refractivity contribution < 1.29 is 22.7 Å². The number of benzene rings is 2. The smallest absolute Gasteiger partial charge is 0.409 e. The first-order valence-electron chi connectivity index (χ1n) is 11.7. The Morgan fingerprint density at radius 1 is 1.11 bits per heavy atom. The fourth-order valence-corrected chi connectivity index (χ4v) is 5.56. The van der Waals surface area contributed by atoms with Gasteiger partial charge in [-0.25, -0.2) is 13.2 Å². The highest BCUT2D eigenvalue weighted by atomic mass is 32.2. The molecule has 1 fully saturated rings. The Kier molecular flexibility index (Phi) is 8.82. The number of carbonyl (C=O) groups is 1. The second-order valence-electron chi connectivity index (χ2n) is 8.16. The van der Waals surface area contributed by atoms with Gasteiger partial charge in [0.2, 0.25) is 10.0 Å². The van der Waals surface area contributed by atoms with Gasteiger partial charge in [0.25, 0.3) is 0 Å². The summed E-state index contributed by atoms with van der Waals surface area (Å²) in [4.78, 5) is 15.7. The van der Waals surface area contributed by atoms with Crippen molar-refractivity contribution in [3.63, 3.8) is 0 Å². The van der Waals surface area contributed by atoms with E-state index in [1.807, 2.05) is 24.0 Å². The van der Waals surface area contributed by atoms with Crippen molar-refractivity contribution >= 4 is 27.5 Å². The van der Waals surface area contributed by atoms with Crippen LogP contribution >= 0.6 is 0 Å². The van der Waals surface area contributed by atoms with Crippen molar-refractivity contribution in [1.82, 2.24) is 4.90 Å². The third-order valence-corrected chi connectivity index (χ3v) is 7.73. The number of hydrogen-bond donors (Lipinski definition) is 0. The van der Waals surface area contributed by atoms with E-state index in [-0.39, 0.29) is 18.4 Å². The van der Waals surface area contributed by atoms with Gasteiger partial charge < -0.3 is 19.3 Å². The van der Waals surface area contributed by atoms with Crippen molar-refractivity contribution in [1.29, 1.82) is 5.26 Å². The number of anilines is 2. The standard InChI is InChI=1S/C25H32N4O5S/c1-4-15-35(31,32)29(19-20-7-6-8-23(16-20)33-3)22-9-10-24(21(17-22)18-26)27-11-13-28(14-12-27)25(30)34-5-2/h6-10,16-17H,4-5,11-15,19H2,1-3H3. The zero-order valence-corrected chi connectivity index (χ0v) is 21.3. The number of nitrogens with zero attached hydrogens (tertiary/aromatic N) is 4. The van der Waals surface area contributed by atoms with E-state index >= 15 is 0 Å². The number of nitriles is 1. The molecule has 2 aromatic carbocycles. The summed E-state index contributed by atoms with van der Waals surface area (Å²) in [6.07, 6.45) is 0.141. The number of sulfonamides is 1. The average Bonchev–Trinajstić information content (AvgIpc) is 2.87. The lowest BCUT2D eigenvalue weighted by atomic mass is 10.1. The monoisotopic (exact) mass is 500 g/mol. The Bertz CT molecular complexity index is 1170. The van der Waals surface area contributed by atoms with E-state index in [9.17, 15) is 18.5 Å². The lowest BCUT2D eigenvalue weighted by Gasteiger charge is -2.36. The Hall–Kier alpha value is -3.45. The maximum atomic E-state index is 13.2. The summed E-state index contributed by atoms with van der Waals surface area (Å²) in [5.74, 6) is 0.640. The first kappa shape index (κ1) is 26.2. The second kappa shape index (κ2) is 11.8. The van der Waals surface area contributed by atoms with E-state index in [0.717, 1.165) is 5.56 Å². The van der Waals surface area contributed by atoms with Crippen LogP contribution in [0.1, 0.15) is 31.4 Å². The van der Waals surface area contributed by atoms with Crippen molar-refractivity contribution in [3.05, 3.63) is 53.6 Å². The van der Waals surface area contributed by atoms with E-state index in [4.69, 9.17) is 9.47 Å². The molecule has 9 nitrogen and oxygen atoms in total. The third-order valence-electron chi connectivity index (χ3n) is 5.79. The number of rotatable bonds is 9. The van der Waals surface area contributed by atoms with Crippen LogP contribution in [0.15, 0.2) is 42.5 Å². The second-order valence-corrected chi connectivity index (χ2v) is 10.2. The zero-order chi connectivity index (χ0) is 25.4. The molecule has 0 bridgehead atoms. The highest BCUT2D eigenvalue weighted by Crippen LogP contribution is 2.30. The number of ether oxygens (including phenoxy) is 2. The normalized spacial score (nSPS) is 13.8. The summed E-state index contributed by atoms with van der Waals surface area (Å²) in [6.45, 7) is 6.11. The maximum Gasteiger partial charge on any atom is 0.409 e. The number of piperazine rings is 1. The minimum atomic E-state index is -3.62. The van der Waals surface area contributed by atoms with Crippen molar-refractivity contribution in [2.24, 2.45) is 0 Å². The Morgan fingerprint density at radius 3 is 2.49 bits per heavy atom. The minimum Gasteiger partial charge on any atom is -0.497 e. The van der Waals surface area contributed by atoms with Crippen LogP contribution in [-0.4, -0.2) is 65.1 Å². The number of methoxy groups -OCH3 is 1. The molecule has 0 aliphatic carbocycles. The van der Waals surface area contributed by atoms with Crippen LogP contribution in [0.2, 0.25) is 0 Å². The van der Waals surface area contributed by atoms with E-state index in [2.05, 4.69) is 6.07 Å². The van der Waals surface area contributed by atoms with Crippen LogP contribution in [-0.2, 0) is 21.3 Å². The van der Waals surface area contributed by atoms with E-state index < -0.39 is 10.0 Å². The number of amides is 1. The molecule has 0 N–H and O–H groups in total. The van der Waals surface area contributed by atoms with Gasteiger partial charge in [-0.3, -0.25) is 4.31 Å². The van der Waals surface area contributed by atoms with Crippen LogP contribution in [0, 0.1) is 11.3 Å². The third kappa shape index (κ3) is 6.36. The lowest BCUT2D eigenvalue weighted by Crippen LogP contribution is -2.49. The summed E-state index contributed by atoms with van der Waals surface area (Å²) in [5.41, 5.74) is 2.32. The van der Waals surface area contributed by atoms with E-state index in [1.165, 1.54) is 4.31 Å². The molecule has 1 aliphatic heterocycles. The minimum absolute atomic E-state index is 0.00355. The van der Waals surface area contributed by atoms with Gasteiger partial charge in [0.1, 0.15) is 11.8 Å². The van der Waals surface area contributed by atoms with Gasteiger partial charge in [0.15, 0.2) is 0 Å². The van der Waals surface area contributed by atoms with E-state index in [1.54, 1.807) is 49.3 Å². The topological polar surface area (TPSA) is 103 Å². The summed E-state index contributed by atoms with van der Waals surface area (Å²) >= 11 is 0. The summed E-state index contributed by atoms with van der Waals surface area (Å²) in [7, 11) is -2.05. The number of hydrogen-bond acceptors (Lipinski definition) is 7. The van der Waals surface area contributed by atoms with Gasteiger partial charge in [-0.15, -0.1) is 0 Å². The fourth-order valence-electron chi connectivity index (χ4n) is 4.04. The molecule has 1 saturated heterocycles. The highest BCUT2D eigenvalue weighted by molar-refractivity contribution is 7.92. The first-order chi connectivity index (χ1) is 16.8. The molecule has 1 aliphatic rings.